The van der Waals surface area contributed by atoms with Crippen LogP contribution in [0.1, 0.15) is 38.3 Å². The van der Waals surface area contributed by atoms with E-state index in [0.717, 1.165) is 18.9 Å². The fourth-order valence-electron chi connectivity index (χ4n) is 2.86. The highest BCUT2D eigenvalue weighted by Crippen LogP contribution is 2.19. The minimum Gasteiger partial charge on any atom is -0.310 e. The minimum atomic E-state index is 0.516. The standard InChI is InChI=1S/C16H26N2/c1-3-16(15-8-6-5-7-9-15)17-12-14-10-11-18(4-2)13-14/h5-9,14,16-17H,3-4,10-13H2,1-2H3. The number of hydrogen-bond acceptors (Lipinski definition) is 2. The van der Waals surface area contributed by atoms with Gasteiger partial charge in [0.1, 0.15) is 0 Å². The van der Waals surface area contributed by atoms with Gasteiger partial charge in [0.15, 0.2) is 0 Å². The summed E-state index contributed by atoms with van der Waals surface area (Å²) in [7, 11) is 0. The van der Waals surface area contributed by atoms with Gasteiger partial charge in [-0.3, -0.25) is 0 Å². The van der Waals surface area contributed by atoms with Crippen molar-refractivity contribution in [2.45, 2.75) is 32.7 Å². The Morgan fingerprint density at radius 2 is 2.06 bits per heavy atom. The molecule has 0 bridgehead atoms. The lowest BCUT2D eigenvalue weighted by molar-refractivity contribution is 0.334. The van der Waals surface area contributed by atoms with Gasteiger partial charge in [0.05, 0.1) is 0 Å². The van der Waals surface area contributed by atoms with Gasteiger partial charge in [0.2, 0.25) is 0 Å². The van der Waals surface area contributed by atoms with Crippen molar-refractivity contribution >= 4 is 0 Å². The number of rotatable bonds is 6. The van der Waals surface area contributed by atoms with Gasteiger partial charge in [0, 0.05) is 12.6 Å². The molecule has 1 heterocycles. The van der Waals surface area contributed by atoms with Crippen molar-refractivity contribution in [3.05, 3.63) is 35.9 Å². The van der Waals surface area contributed by atoms with Crippen LogP contribution in [-0.4, -0.2) is 31.1 Å². The molecule has 1 aromatic carbocycles. The monoisotopic (exact) mass is 246 g/mol. The zero-order chi connectivity index (χ0) is 12.8. The zero-order valence-corrected chi connectivity index (χ0v) is 11.7. The molecule has 1 fully saturated rings. The first-order valence-electron chi connectivity index (χ1n) is 7.34. The topological polar surface area (TPSA) is 15.3 Å². The first kappa shape index (κ1) is 13.6. The van der Waals surface area contributed by atoms with E-state index in [1.807, 2.05) is 0 Å². The number of hydrogen-bond donors (Lipinski definition) is 1. The van der Waals surface area contributed by atoms with Crippen molar-refractivity contribution in [1.82, 2.24) is 10.2 Å². The molecule has 0 aromatic heterocycles. The van der Waals surface area contributed by atoms with Crippen LogP contribution in [0.3, 0.4) is 0 Å². The first-order valence-corrected chi connectivity index (χ1v) is 7.34. The third-order valence-corrected chi connectivity index (χ3v) is 4.08. The zero-order valence-electron chi connectivity index (χ0n) is 11.7. The molecule has 0 radical (unpaired) electrons. The van der Waals surface area contributed by atoms with Gasteiger partial charge in [-0.2, -0.15) is 0 Å². The summed E-state index contributed by atoms with van der Waals surface area (Å²) in [5.41, 5.74) is 1.42. The minimum absolute atomic E-state index is 0.516. The van der Waals surface area contributed by atoms with Crippen LogP contribution in [0.4, 0.5) is 0 Å². The molecule has 2 nitrogen and oxygen atoms in total. The summed E-state index contributed by atoms with van der Waals surface area (Å²) in [4.78, 5) is 2.55. The Hall–Kier alpha value is -0.860. The van der Waals surface area contributed by atoms with Crippen LogP contribution < -0.4 is 5.32 Å². The molecule has 0 amide bonds. The maximum Gasteiger partial charge on any atom is 0.0317 e. The summed E-state index contributed by atoms with van der Waals surface area (Å²) in [5, 5.41) is 3.75. The van der Waals surface area contributed by atoms with E-state index < -0.39 is 0 Å². The van der Waals surface area contributed by atoms with Crippen molar-refractivity contribution in [2.24, 2.45) is 5.92 Å². The molecule has 100 valence electrons. The lowest BCUT2D eigenvalue weighted by Crippen LogP contribution is -2.29. The molecule has 2 unspecified atom stereocenters. The highest BCUT2D eigenvalue weighted by atomic mass is 15.1. The van der Waals surface area contributed by atoms with Crippen molar-refractivity contribution in [1.29, 1.82) is 0 Å². The van der Waals surface area contributed by atoms with Gasteiger partial charge < -0.3 is 10.2 Å². The van der Waals surface area contributed by atoms with E-state index in [-0.39, 0.29) is 0 Å². The number of benzene rings is 1. The van der Waals surface area contributed by atoms with E-state index in [0.29, 0.717) is 6.04 Å². The predicted molar refractivity (Wildman–Crippen MR) is 77.7 cm³/mol. The van der Waals surface area contributed by atoms with E-state index in [1.165, 1.54) is 31.6 Å². The molecular weight excluding hydrogens is 220 g/mol. The van der Waals surface area contributed by atoms with Gasteiger partial charge in [0.25, 0.3) is 0 Å². The first-order chi connectivity index (χ1) is 8.83. The second kappa shape index (κ2) is 6.91. The molecule has 1 aliphatic rings. The summed E-state index contributed by atoms with van der Waals surface area (Å²) in [6.45, 7) is 9.43. The Morgan fingerprint density at radius 1 is 1.28 bits per heavy atom. The van der Waals surface area contributed by atoms with Gasteiger partial charge in [-0.25, -0.2) is 0 Å². The molecule has 1 saturated heterocycles. The highest BCUT2D eigenvalue weighted by Gasteiger charge is 2.21. The lowest BCUT2D eigenvalue weighted by atomic mass is 10.0. The average Bonchev–Trinajstić information content (AvgIpc) is 2.89. The number of nitrogens with one attached hydrogen (secondary N) is 1. The molecule has 2 atom stereocenters. The molecular formula is C16H26N2. The normalized spacial score (nSPS) is 22.2. The molecule has 0 aliphatic carbocycles. The quantitative estimate of drug-likeness (QED) is 0.830. The molecule has 0 spiro atoms. The van der Waals surface area contributed by atoms with Crippen LogP contribution in [-0.2, 0) is 0 Å². The second-order valence-electron chi connectivity index (χ2n) is 5.33. The van der Waals surface area contributed by atoms with Crippen LogP contribution >= 0.6 is 0 Å². The van der Waals surface area contributed by atoms with Gasteiger partial charge >= 0.3 is 0 Å². The molecule has 1 N–H and O–H groups in total. The lowest BCUT2D eigenvalue weighted by Gasteiger charge is -2.20. The van der Waals surface area contributed by atoms with Gasteiger partial charge in [-0.1, -0.05) is 44.2 Å². The third-order valence-electron chi connectivity index (χ3n) is 4.08. The fraction of sp³-hybridized carbons (Fsp3) is 0.625. The van der Waals surface area contributed by atoms with E-state index >= 15 is 0 Å². The van der Waals surface area contributed by atoms with Crippen molar-refractivity contribution in [3.8, 4) is 0 Å². The summed E-state index contributed by atoms with van der Waals surface area (Å²) in [6, 6.07) is 11.3. The second-order valence-corrected chi connectivity index (χ2v) is 5.33. The van der Waals surface area contributed by atoms with E-state index in [1.54, 1.807) is 0 Å². The number of nitrogens with zero attached hydrogens (tertiary/aromatic N) is 1. The van der Waals surface area contributed by atoms with Crippen LogP contribution in [0.5, 0.6) is 0 Å². The molecule has 18 heavy (non-hydrogen) atoms. The van der Waals surface area contributed by atoms with Gasteiger partial charge in [-0.15, -0.1) is 0 Å². The molecule has 2 rings (SSSR count). The maximum atomic E-state index is 3.75. The molecule has 0 saturated carbocycles. The Kier molecular flexibility index (Phi) is 5.21. The van der Waals surface area contributed by atoms with Crippen LogP contribution in [0.2, 0.25) is 0 Å². The largest absolute Gasteiger partial charge is 0.310 e. The van der Waals surface area contributed by atoms with E-state index in [2.05, 4.69) is 54.4 Å². The van der Waals surface area contributed by atoms with Crippen LogP contribution in [0, 0.1) is 5.92 Å². The van der Waals surface area contributed by atoms with Crippen molar-refractivity contribution in [2.75, 3.05) is 26.2 Å². The molecule has 1 aliphatic heterocycles. The van der Waals surface area contributed by atoms with Crippen LogP contribution in [0.25, 0.3) is 0 Å². The Bertz CT molecular complexity index is 336. The highest BCUT2D eigenvalue weighted by molar-refractivity contribution is 5.18. The summed E-state index contributed by atoms with van der Waals surface area (Å²) >= 11 is 0. The fourth-order valence-corrected chi connectivity index (χ4v) is 2.86. The summed E-state index contributed by atoms with van der Waals surface area (Å²) in [6.07, 6.45) is 2.51. The third kappa shape index (κ3) is 3.56. The Balaban J connectivity index is 1.81. The summed E-state index contributed by atoms with van der Waals surface area (Å²) < 4.78 is 0. The maximum absolute atomic E-state index is 3.75. The predicted octanol–water partition coefficient (Wildman–Crippen LogP) is 3.07. The summed E-state index contributed by atoms with van der Waals surface area (Å²) in [5.74, 6) is 0.836. The number of likely N-dealkylation sites (tertiary alicyclic amines) is 1. The van der Waals surface area contributed by atoms with E-state index in [4.69, 9.17) is 0 Å². The average molecular weight is 246 g/mol. The molecule has 1 aromatic rings. The van der Waals surface area contributed by atoms with Gasteiger partial charge in [-0.05, 0) is 44.0 Å². The Labute approximate surface area is 111 Å². The SMILES string of the molecule is CCC(NCC1CCN(CC)C1)c1ccccc1. The van der Waals surface area contributed by atoms with E-state index in [9.17, 15) is 0 Å². The van der Waals surface area contributed by atoms with Crippen molar-refractivity contribution < 1.29 is 0 Å². The Morgan fingerprint density at radius 3 is 2.67 bits per heavy atom. The van der Waals surface area contributed by atoms with Crippen LogP contribution in [0.15, 0.2) is 30.3 Å². The van der Waals surface area contributed by atoms with Crippen molar-refractivity contribution in [3.63, 3.8) is 0 Å². The smallest absolute Gasteiger partial charge is 0.0317 e. The molecule has 2 heteroatoms.